The van der Waals surface area contributed by atoms with E-state index in [-0.39, 0.29) is 10.8 Å². The fourth-order valence-electron chi connectivity index (χ4n) is 2.78. The van der Waals surface area contributed by atoms with Gasteiger partial charge >= 0.3 is 11.9 Å². The van der Waals surface area contributed by atoms with Crippen LogP contribution in [0.3, 0.4) is 0 Å². The van der Waals surface area contributed by atoms with Gasteiger partial charge < -0.3 is 18.9 Å². The first-order valence-electron chi connectivity index (χ1n) is 9.32. The maximum atomic E-state index is 11.5. The lowest BCUT2D eigenvalue weighted by Crippen LogP contribution is -2.42. The van der Waals surface area contributed by atoms with Crippen LogP contribution >= 0.6 is 0 Å². The number of benzene rings is 1. The van der Waals surface area contributed by atoms with Crippen LogP contribution in [0.4, 0.5) is 0 Å². The lowest BCUT2D eigenvalue weighted by atomic mass is 9.80. The van der Waals surface area contributed by atoms with E-state index in [9.17, 15) is 9.59 Å². The molecule has 2 rings (SSSR count). The van der Waals surface area contributed by atoms with Crippen LogP contribution in [-0.4, -0.2) is 24.3 Å². The van der Waals surface area contributed by atoms with E-state index in [1.54, 1.807) is 0 Å². The van der Waals surface area contributed by atoms with Gasteiger partial charge in [0, 0.05) is 19.4 Å². The zero-order valence-corrected chi connectivity index (χ0v) is 17.9. The number of esters is 2. The highest BCUT2D eigenvalue weighted by Crippen LogP contribution is 2.45. The Kier molecular flexibility index (Phi) is 6.12. The van der Waals surface area contributed by atoms with Gasteiger partial charge in [-0.3, -0.25) is 9.59 Å². The number of carbonyl (C=O) groups excluding carboxylic acids is 2. The highest BCUT2D eigenvalue weighted by Gasteiger charge is 2.37. The lowest BCUT2D eigenvalue weighted by Gasteiger charge is -2.36. The molecular weight excluding hydrogens is 360 g/mol. The molecule has 1 aliphatic rings. The number of ether oxygens (including phenoxy) is 4. The Morgan fingerprint density at radius 3 is 2.11 bits per heavy atom. The van der Waals surface area contributed by atoms with Gasteiger partial charge in [-0.25, -0.2) is 0 Å². The van der Waals surface area contributed by atoms with E-state index in [1.165, 1.54) is 26.2 Å². The molecule has 0 amide bonds. The maximum absolute atomic E-state index is 11.5. The van der Waals surface area contributed by atoms with Crippen LogP contribution in [0.25, 0.3) is 0 Å². The fourth-order valence-corrected chi connectivity index (χ4v) is 2.78. The summed E-state index contributed by atoms with van der Waals surface area (Å²) in [5, 5.41) is 0. The Morgan fingerprint density at radius 2 is 1.61 bits per heavy atom. The topological polar surface area (TPSA) is 71.1 Å². The van der Waals surface area contributed by atoms with Crippen molar-refractivity contribution in [3.63, 3.8) is 0 Å². The summed E-state index contributed by atoms with van der Waals surface area (Å²) in [4.78, 5) is 22.6. The third-order valence-electron chi connectivity index (χ3n) is 4.28. The summed E-state index contributed by atoms with van der Waals surface area (Å²) in [6, 6.07) is 4.05. The number of carbonyl (C=O) groups is 2. The van der Waals surface area contributed by atoms with Crippen LogP contribution in [0.5, 0.6) is 11.5 Å². The van der Waals surface area contributed by atoms with Crippen LogP contribution < -0.4 is 9.47 Å². The summed E-state index contributed by atoms with van der Waals surface area (Å²) in [6.45, 7) is 15.3. The standard InChI is InChI=1S/C22H30O6/c1-13(23)25-10-9-17-20(26-14(2)24)28-18-12-15(21(3,4)5)11-16(19(18)27-17)22(6,7)8/h9-12,17,20H,1-8H3/b10-9+/t17-,20-/m0/s1. The molecule has 0 bridgehead atoms. The molecular formula is C22H30O6. The molecule has 0 unspecified atom stereocenters. The van der Waals surface area contributed by atoms with Crippen LogP contribution in [0.1, 0.15) is 66.5 Å². The highest BCUT2D eigenvalue weighted by atomic mass is 16.7. The zero-order chi connectivity index (χ0) is 21.3. The summed E-state index contributed by atoms with van der Waals surface area (Å²) >= 11 is 0. The van der Waals surface area contributed by atoms with Gasteiger partial charge in [-0.1, -0.05) is 47.6 Å². The third kappa shape index (κ3) is 5.27. The smallest absolute Gasteiger partial charge is 0.307 e. The van der Waals surface area contributed by atoms with Gasteiger partial charge in [-0.2, -0.15) is 0 Å². The molecule has 1 aromatic rings. The Bertz CT molecular complexity index is 779. The van der Waals surface area contributed by atoms with Crippen molar-refractivity contribution in [1.29, 1.82) is 0 Å². The summed E-state index contributed by atoms with van der Waals surface area (Å²) < 4.78 is 22.3. The minimum atomic E-state index is -0.986. The fraction of sp³-hybridized carbons (Fsp3) is 0.545. The van der Waals surface area contributed by atoms with E-state index in [0.717, 1.165) is 11.1 Å². The molecule has 154 valence electrons. The Hall–Kier alpha value is -2.50. The molecule has 0 aromatic heterocycles. The van der Waals surface area contributed by atoms with E-state index in [1.807, 2.05) is 6.07 Å². The summed E-state index contributed by atoms with van der Waals surface area (Å²) in [5.74, 6) is 0.177. The average Bonchev–Trinajstić information content (AvgIpc) is 2.51. The summed E-state index contributed by atoms with van der Waals surface area (Å²) in [6.07, 6.45) is 0.984. The molecule has 0 saturated carbocycles. The quantitative estimate of drug-likeness (QED) is 0.563. The number of hydrogen-bond donors (Lipinski definition) is 0. The number of fused-ring (bicyclic) bond motifs is 1. The minimum absolute atomic E-state index is 0.0958. The summed E-state index contributed by atoms with van der Waals surface area (Å²) in [7, 11) is 0. The molecule has 1 aliphatic heterocycles. The normalized spacial score (nSPS) is 19.4. The number of rotatable bonds is 3. The van der Waals surface area contributed by atoms with Crippen molar-refractivity contribution < 1.29 is 28.5 Å². The Balaban J connectivity index is 2.54. The highest BCUT2D eigenvalue weighted by molar-refractivity contribution is 5.67. The van der Waals surface area contributed by atoms with E-state index in [0.29, 0.717) is 11.5 Å². The van der Waals surface area contributed by atoms with Gasteiger partial charge in [0.05, 0.1) is 6.26 Å². The first kappa shape index (κ1) is 21.8. The van der Waals surface area contributed by atoms with E-state index < -0.39 is 24.3 Å². The van der Waals surface area contributed by atoms with Gasteiger partial charge in [-0.15, -0.1) is 0 Å². The van der Waals surface area contributed by atoms with Crippen molar-refractivity contribution >= 4 is 11.9 Å². The molecule has 0 saturated heterocycles. The van der Waals surface area contributed by atoms with Gasteiger partial charge in [0.1, 0.15) is 0 Å². The molecule has 2 atom stereocenters. The molecule has 28 heavy (non-hydrogen) atoms. The maximum Gasteiger partial charge on any atom is 0.307 e. The van der Waals surface area contributed by atoms with Crippen molar-refractivity contribution in [3.8, 4) is 11.5 Å². The molecule has 6 nitrogen and oxygen atoms in total. The molecule has 0 spiro atoms. The van der Waals surface area contributed by atoms with E-state index in [4.69, 9.17) is 18.9 Å². The largest absolute Gasteiger partial charge is 0.474 e. The average molecular weight is 390 g/mol. The van der Waals surface area contributed by atoms with Crippen LogP contribution in [-0.2, 0) is 29.9 Å². The second kappa shape index (κ2) is 7.86. The second-order valence-corrected chi connectivity index (χ2v) is 8.97. The van der Waals surface area contributed by atoms with Gasteiger partial charge in [0.15, 0.2) is 17.6 Å². The van der Waals surface area contributed by atoms with Gasteiger partial charge in [0.25, 0.3) is 6.29 Å². The van der Waals surface area contributed by atoms with Crippen molar-refractivity contribution in [3.05, 3.63) is 35.6 Å². The van der Waals surface area contributed by atoms with Crippen molar-refractivity contribution in [1.82, 2.24) is 0 Å². The van der Waals surface area contributed by atoms with E-state index in [2.05, 4.69) is 47.6 Å². The van der Waals surface area contributed by atoms with Crippen molar-refractivity contribution in [2.45, 2.75) is 78.6 Å². The zero-order valence-electron chi connectivity index (χ0n) is 17.9. The second-order valence-electron chi connectivity index (χ2n) is 8.97. The van der Waals surface area contributed by atoms with Crippen LogP contribution in [0, 0.1) is 0 Å². The summed E-state index contributed by atoms with van der Waals surface area (Å²) in [5.41, 5.74) is 1.78. The molecule has 0 radical (unpaired) electrons. The Morgan fingerprint density at radius 1 is 0.964 bits per heavy atom. The third-order valence-corrected chi connectivity index (χ3v) is 4.28. The molecule has 1 heterocycles. The first-order valence-corrected chi connectivity index (χ1v) is 9.32. The van der Waals surface area contributed by atoms with Crippen LogP contribution in [0.15, 0.2) is 24.5 Å². The molecule has 0 fully saturated rings. The lowest BCUT2D eigenvalue weighted by molar-refractivity contribution is -0.175. The van der Waals surface area contributed by atoms with Gasteiger partial charge in [-0.05, 0) is 28.5 Å². The van der Waals surface area contributed by atoms with Gasteiger partial charge in [0.2, 0.25) is 0 Å². The monoisotopic (exact) mass is 390 g/mol. The molecule has 0 N–H and O–H groups in total. The number of hydrogen-bond acceptors (Lipinski definition) is 6. The SMILES string of the molecule is CC(=O)O/C=C/[C@@H]1Oc2c(cc(C(C)(C)C)cc2C(C)(C)C)O[C@@H]1OC(C)=O. The van der Waals surface area contributed by atoms with E-state index >= 15 is 0 Å². The predicted molar refractivity (Wildman–Crippen MR) is 105 cm³/mol. The predicted octanol–water partition coefficient (Wildman–Crippen LogP) is 4.39. The minimum Gasteiger partial charge on any atom is -0.474 e. The molecule has 0 aliphatic carbocycles. The Labute approximate surface area is 166 Å². The van der Waals surface area contributed by atoms with Crippen molar-refractivity contribution in [2.24, 2.45) is 0 Å². The van der Waals surface area contributed by atoms with Crippen LogP contribution in [0.2, 0.25) is 0 Å². The first-order chi connectivity index (χ1) is 12.8. The molecule has 1 aromatic carbocycles. The van der Waals surface area contributed by atoms with Crippen molar-refractivity contribution in [2.75, 3.05) is 0 Å². The molecule has 6 heteroatoms.